The van der Waals surface area contributed by atoms with Gasteiger partial charge in [0, 0.05) is 19.2 Å². The molecule has 1 amide bonds. The Morgan fingerprint density at radius 1 is 1.32 bits per heavy atom. The average Bonchev–Trinajstić information content (AvgIpc) is 2.96. The summed E-state index contributed by atoms with van der Waals surface area (Å²) in [6.07, 6.45) is -0.999. The highest BCUT2D eigenvalue weighted by Crippen LogP contribution is 2.13. The number of nitrogens with one attached hydrogen (secondary N) is 1. The van der Waals surface area contributed by atoms with Crippen molar-refractivity contribution < 1.29 is 23.5 Å². The lowest BCUT2D eigenvalue weighted by Gasteiger charge is -2.12. The molecule has 1 aromatic carbocycles. The second-order valence-electron chi connectivity index (χ2n) is 5.11. The number of nitrogens with zero attached hydrogens (tertiary/aromatic N) is 2. The maximum atomic E-state index is 11.9. The third-order valence-corrected chi connectivity index (χ3v) is 3.19. The molecule has 0 aliphatic heterocycles. The summed E-state index contributed by atoms with van der Waals surface area (Å²) in [7, 11) is 1.51. The number of rotatable bonds is 8. The molecule has 2 aromatic rings. The number of benzene rings is 1. The van der Waals surface area contributed by atoms with Crippen LogP contribution in [0.4, 0.5) is 0 Å². The second-order valence-corrected chi connectivity index (χ2v) is 5.11. The molecule has 1 heterocycles. The zero-order chi connectivity index (χ0) is 18.2. The van der Waals surface area contributed by atoms with Crippen LogP contribution in [0.25, 0.3) is 11.5 Å². The molecule has 0 fully saturated rings. The third-order valence-electron chi connectivity index (χ3n) is 3.19. The number of hydrogen-bond donors (Lipinski definition) is 1. The summed E-state index contributed by atoms with van der Waals surface area (Å²) >= 11 is 0. The van der Waals surface area contributed by atoms with E-state index in [1.54, 1.807) is 24.3 Å². The fourth-order valence-corrected chi connectivity index (χ4v) is 1.93. The van der Waals surface area contributed by atoms with Gasteiger partial charge in [0.05, 0.1) is 6.61 Å². The maximum absolute atomic E-state index is 11.9. The van der Waals surface area contributed by atoms with Crippen LogP contribution >= 0.6 is 0 Å². The van der Waals surface area contributed by atoms with Gasteiger partial charge in [0.2, 0.25) is 5.89 Å². The van der Waals surface area contributed by atoms with Gasteiger partial charge in [-0.25, -0.2) is 4.79 Å². The lowest BCUT2D eigenvalue weighted by molar-refractivity contribution is -0.155. The van der Waals surface area contributed by atoms with Crippen LogP contribution in [-0.2, 0) is 25.6 Å². The maximum Gasteiger partial charge on any atom is 0.437 e. The summed E-state index contributed by atoms with van der Waals surface area (Å²) in [6, 6.07) is 8.80. The van der Waals surface area contributed by atoms with Crippen molar-refractivity contribution in [3.63, 3.8) is 0 Å². The van der Waals surface area contributed by atoms with Crippen molar-refractivity contribution >= 4 is 11.9 Å². The predicted octanol–water partition coefficient (Wildman–Crippen LogP) is 0.198. The smallest absolute Gasteiger partial charge is 0.437 e. The molecule has 0 radical (unpaired) electrons. The van der Waals surface area contributed by atoms with Gasteiger partial charge >= 0.3 is 11.7 Å². The Labute approximate surface area is 143 Å². The molecule has 0 spiro atoms. The molecule has 0 aliphatic carbocycles. The molecule has 0 unspecified atom stereocenters. The average molecular weight is 349 g/mol. The van der Waals surface area contributed by atoms with Crippen LogP contribution in [0.5, 0.6) is 0 Å². The van der Waals surface area contributed by atoms with Crippen LogP contribution in [0.2, 0.25) is 0 Å². The van der Waals surface area contributed by atoms with E-state index < -0.39 is 30.3 Å². The van der Waals surface area contributed by atoms with E-state index in [0.717, 1.165) is 4.68 Å². The molecular formula is C16H19N3O6. The van der Waals surface area contributed by atoms with E-state index in [9.17, 15) is 14.4 Å². The second kappa shape index (κ2) is 8.78. The lowest BCUT2D eigenvalue weighted by atomic mass is 10.2. The minimum Gasteiger partial charge on any atom is -0.451 e. The van der Waals surface area contributed by atoms with E-state index in [-0.39, 0.29) is 5.89 Å². The van der Waals surface area contributed by atoms with Crippen LogP contribution in [0.3, 0.4) is 0 Å². The van der Waals surface area contributed by atoms with Crippen molar-refractivity contribution in [2.24, 2.45) is 0 Å². The number of aromatic nitrogens is 2. The van der Waals surface area contributed by atoms with E-state index in [1.165, 1.54) is 14.0 Å². The molecule has 1 atom stereocenters. The fraction of sp³-hybridized carbons (Fsp3) is 0.375. The molecule has 0 saturated carbocycles. The van der Waals surface area contributed by atoms with Crippen molar-refractivity contribution in [1.82, 2.24) is 15.1 Å². The Hall–Kier alpha value is -2.94. The molecule has 9 heteroatoms. The first kappa shape index (κ1) is 18.4. The Morgan fingerprint density at radius 3 is 2.72 bits per heavy atom. The summed E-state index contributed by atoms with van der Waals surface area (Å²) in [5.41, 5.74) is 0.609. The van der Waals surface area contributed by atoms with E-state index in [2.05, 4.69) is 10.4 Å². The topological polar surface area (TPSA) is 113 Å². The molecule has 134 valence electrons. The quantitative estimate of drug-likeness (QED) is 0.535. The molecule has 0 aliphatic rings. The van der Waals surface area contributed by atoms with Crippen LogP contribution in [0.1, 0.15) is 6.92 Å². The van der Waals surface area contributed by atoms with Crippen LogP contribution in [0.15, 0.2) is 39.5 Å². The number of carbonyl (C=O) groups excluding carboxylic acids is 2. The van der Waals surface area contributed by atoms with Crippen molar-refractivity contribution in [3.8, 4) is 11.5 Å². The first-order valence-corrected chi connectivity index (χ1v) is 7.60. The summed E-state index contributed by atoms with van der Waals surface area (Å²) in [5.74, 6) is -1.91. The Balaban J connectivity index is 1.93. The largest absolute Gasteiger partial charge is 0.451 e. The highest BCUT2D eigenvalue weighted by atomic mass is 16.5. The number of carbonyl (C=O) groups is 2. The highest BCUT2D eigenvalue weighted by Gasteiger charge is 2.19. The van der Waals surface area contributed by atoms with Crippen molar-refractivity contribution in [1.29, 1.82) is 0 Å². The number of ether oxygens (including phenoxy) is 2. The van der Waals surface area contributed by atoms with Crippen molar-refractivity contribution in [3.05, 3.63) is 40.9 Å². The predicted molar refractivity (Wildman–Crippen MR) is 86.6 cm³/mol. The summed E-state index contributed by atoms with van der Waals surface area (Å²) < 4.78 is 15.7. The SMILES string of the molecule is COCCNC(=O)[C@@H](C)OC(=O)Cn1nc(-c2ccccc2)oc1=O. The van der Waals surface area contributed by atoms with Gasteiger partial charge in [0.15, 0.2) is 6.10 Å². The first-order valence-electron chi connectivity index (χ1n) is 7.60. The summed E-state index contributed by atoms with van der Waals surface area (Å²) in [4.78, 5) is 35.4. The van der Waals surface area contributed by atoms with Gasteiger partial charge in [-0.3, -0.25) is 9.59 Å². The normalized spacial score (nSPS) is 11.8. The van der Waals surface area contributed by atoms with Crippen LogP contribution < -0.4 is 11.1 Å². The number of methoxy groups -OCH3 is 1. The zero-order valence-electron chi connectivity index (χ0n) is 13.9. The summed E-state index contributed by atoms with van der Waals surface area (Å²) in [5, 5.41) is 6.50. The zero-order valence-corrected chi connectivity index (χ0v) is 13.9. The molecule has 1 N–H and O–H groups in total. The lowest BCUT2D eigenvalue weighted by Crippen LogP contribution is -2.38. The Bertz CT molecular complexity index is 768. The monoisotopic (exact) mass is 349 g/mol. The van der Waals surface area contributed by atoms with Gasteiger partial charge in [-0.15, -0.1) is 5.10 Å². The minimum absolute atomic E-state index is 0.101. The Kier molecular flexibility index (Phi) is 6.47. The number of hydrogen-bond acceptors (Lipinski definition) is 7. The summed E-state index contributed by atoms with van der Waals surface area (Å²) in [6.45, 7) is 1.63. The van der Waals surface area contributed by atoms with E-state index >= 15 is 0 Å². The molecule has 9 nitrogen and oxygen atoms in total. The van der Waals surface area contributed by atoms with Crippen molar-refractivity contribution in [2.75, 3.05) is 20.3 Å². The molecule has 25 heavy (non-hydrogen) atoms. The highest BCUT2D eigenvalue weighted by molar-refractivity contribution is 5.83. The van der Waals surface area contributed by atoms with Gasteiger partial charge in [-0.05, 0) is 19.1 Å². The number of amides is 1. The van der Waals surface area contributed by atoms with Gasteiger partial charge in [0.25, 0.3) is 5.91 Å². The molecule has 0 saturated heterocycles. The van der Waals surface area contributed by atoms with E-state index in [4.69, 9.17) is 13.9 Å². The van der Waals surface area contributed by atoms with Crippen molar-refractivity contribution in [2.45, 2.75) is 19.6 Å². The number of esters is 1. The van der Waals surface area contributed by atoms with Crippen LogP contribution in [0, 0.1) is 0 Å². The standard InChI is InChI=1S/C16H19N3O6/c1-11(14(21)17-8-9-23-2)24-13(20)10-19-16(22)25-15(18-19)12-6-4-3-5-7-12/h3-7,11H,8-10H2,1-2H3,(H,17,21)/t11-/m1/s1. The third kappa shape index (κ3) is 5.28. The molecule has 0 bridgehead atoms. The van der Waals surface area contributed by atoms with Gasteiger partial charge in [-0.2, -0.15) is 4.68 Å². The van der Waals surface area contributed by atoms with Gasteiger partial charge < -0.3 is 19.2 Å². The van der Waals surface area contributed by atoms with Gasteiger partial charge in [-0.1, -0.05) is 18.2 Å². The molecular weight excluding hydrogens is 330 g/mol. The Morgan fingerprint density at radius 2 is 2.04 bits per heavy atom. The molecule has 1 aromatic heterocycles. The van der Waals surface area contributed by atoms with E-state index in [1.807, 2.05) is 6.07 Å². The first-order chi connectivity index (χ1) is 12.0. The van der Waals surface area contributed by atoms with Crippen LogP contribution in [-0.4, -0.2) is 48.0 Å². The van der Waals surface area contributed by atoms with Gasteiger partial charge in [0.1, 0.15) is 6.54 Å². The molecule has 2 rings (SSSR count). The van der Waals surface area contributed by atoms with E-state index in [0.29, 0.717) is 18.7 Å². The fourth-order valence-electron chi connectivity index (χ4n) is 1.93. The minimum atomic E-state index is -0.999.